The Bertz CT molecular complexity index is 361. The van der Waals surface area contributed by atoms with Crippen LogP contribution in [0.4, 0.5) is 0 Å². The number of carbonyl (C=O) groups is 1. The zero-order valence-electron chi connectivity index (χ0n) is 9.36. The molecule has 1 aliphatic rings. The van der Waals surface area contributed by atoms with E-state index in [1.165, 1.54) is 19.3 Å². The maximum Gasteiger partial charge on any atom is 0.150 e. The van der Waals surface area contributed by atoms with E-state index in [0.29, 0.717) is 6.04 Å². The van der Waals surface area contributed by atoms with Crippen LogP contribution in [-0.4, -0.2) is 18.9 Å². The Hall–Kier alpha value is -1.41. The van der Waals surface area contributed by atoms with E-state index in [2.05, 4.69) is 17.5 Å². The molecule has 0 spiro atoms. The van der Waals surface area contributed by atoms with E-state index in [9.17, 15) is 4.79 Å². The third-order valence-corrected chi connectivity index (χ3v) is 2.94. The smallest absolute Gasteiger partial charge is 0.150 e. The molecule has 1 aromatic rings. The zero-order chi connectivity index (χ0) is 11.2. The summed E-state index contributed by atoms with van der Waals surface area (Å²) in [7, 11) is 0. The van der Waals surface area contributed by atoms with Gasteiger partial charge in [-0.2, -0.15) is 0 Å². The van der Waals surface area contributed by atoms with Gasteiger partial charge in [0.15, 0.2) is 0 Å². The molecule has 1 aromatic carbocycles. The van der Waals surface area contributed by atoms with E-state index in [-0.39, 0.29) is 0 Å². The van der Waals surface area contributed by atoms with Crippen LogP contribution in [0.5, 0.6) is 0 Å². The van der Waals surface area contributed by atoms with Gasteiger partial charge < -0.3 is 5.32 Å². The van der Waals surface area contributed by atoms with Crippen molar-refractivity contribution in [2.24, 2.45) is 0 Å². The first-order valence-corrected chi connectivity index (χ1v) is 5.85. The van der Waals surface area contributed by atoms with E-state index in [1.807, 2.05) is 24.3 Å². The van der Waals surface area contributed by atoms with E-state index in [0.717, 1.165) is 24.0 Å². The van der Waals surface area contributed by atoms with Crippen LogP contribution in [0.1, 0.15) is 35.2 Å². The fourth-order valence-electron chi connectivity index (χ4n) is 1.96. The Kier molecular flexibility index (Phi) is 3.89. The van der Waals surface area contributed by atoms with Crippen LogP contribution in [0.25, 0.3) is 6.08 Å². The summed E-state index contributed by atoms with van der Waals surface area (Å²) in [5.41, 5.74) is 1.88. The van der Waals surface area contributed by atoms with Gasteiger partial charge in [-0.1, -0.05) is 42.8 Å². The predicted molar refractivity (Wildman–Crippen MR) is 66.5 cm³/mol. The van der Waals surface area contributed by atoms with Crippen molar-refractivity contribution in [1.82, 2.24) is 5.32 Å². The third-order valence-electron chi connectivity index (χ3n) is 2.94. The number of hydrogen-bond donors (Lipinski definition) is 1. The van der Waals surface area contributed by atoms with Gasteiger partial charge in [0.25, 0.3) is 0 Å². The Balaban J connectivity index is 1.96. The maximum atomic E-state index is 10.5. The summed E-state index contributed by atoms with van der Waals surface area (Å²) in [5.74, 6) is 0. The van der Waals surface area contributed by atoms with Crippen molar-refractivity contribution in [3.8, 4) is 0 Å². The molecule has 0 radical (unpaired) electrons. The summed E-state index contributed by atoms with van der Waals surface area (Å²) >= 11 is 0. The summed E-state index contributed by atoms with van der Waals surface area (Å²) in [6.45, 7) is 1.12. The highest BCUT2D eigenvalue weighted by Gasteiger charge is 2.07. The number of aldehydes is 1. The minimum Gasteiger partial charge on any atom is -0.311 e. The van der Waals surface area contributed by atoms with Crippen molar-refractivity contribution in [2.75, 3.05) is 6.54 Å². The minimum absolute atomic E-state index is 0.513. The van der Waals surface area contributed by atoms with Crippen LogP contribution in [0.15, 0.2) is 30.3 Å². The molecule has 0 saturated carbocycles. The van der Waals surface area contributed by atoms with Crippen LogP contribution >= 0.6 is 0 Å². The quantitative estimate of drug-likeness (QED) is 0.785. The summed E-state index contributed by atoms with van der Waals surface area (Å²) in [6.07, 6.45) is 9.04. The Morgan fingerprint density at radius 2 is 1.88 bits per heavy atom. The molecule has 2 heteroatoms. The fourth-order valence-corrected chi connectivity index (χ4v) is 1.96. The van der Waals surface area contributed by atoms with Crippen molar-refractivity contribution in [3.63, 3.8) is 0 Å². The first-order valence-electron chi connectivity index (χ1n) is 5.85. The van der Waals surface area contributed by atoms with Gasteiger partial charge in [0.1, 0.15) is 6.29 Å². The van der Waals surface area contributed by atoms with Crippen LogP contribution in [0.3, 0.4) is 0 Å². The molecule has 1 N–H and O–H groups in total. The van der Waals surface area contributed by atoms with Crippen LogP contribution in [0.2, 0.25) is 0 Å². The largest absolute Gasteiger partial charge is 0.311 e. The summed E-state index contributed by atoms with van der Waals surface area (Å²) < 4.78 is 0. The van der Waals surface area contributed by atoms with Gasteiger partial charge >= 0.3 is 0 Å². The van der Waals surface area contributed by atoms with Crippen LogP contribution in [-0.2, 0) is 0 Å². The monoisotopic (exact) mass is 215 g/mol. The van der Waals surface area contributed by atoms with E-state index >= 15 is 0 Å². The third kappa shape index (κ3) is 3.04. The van der Waals surface area contributed by atoms with Crippen LogP contribution in [0, 0.1) is 0 Å². The normalized spacial score (nSPS) is 21.1. The molecule has 0 aromatic heterocycles. The van der Waals surface area contributed by atoms with Gasteiger partial charge in [0, 0.05) is 11.6 Å². The number of hydrogen-bond acceptors (Lipinski definition) is 2. The van der Waals surface area contributed by atoms with Crippen molar-refractivity contribution in [1.29, 1.82) is 0 Å². The van der Waals surface area contributed by atoms with Gasteiger partial charge in [-0.05, 0) is 24.9 Å². The molecular formula is C14H17NO. The van der Waals surface area contributed by atoms with Crippen molar-refractivity contribution < 1.29 is 4.79 Å². The lowest BCUT2D eigenvalue weighted by Crippen LogP contribution is -2.31. The SMILES string of the molecule is O=Cc1ccc(C=CC2CCCCN2)cc1. The molecule has 0 aliphatic carbocycles. The molecule has 1 saturated heterocycles. The van der Waals surface area contributed by atoms with Gasteiger partial charge in [-0.3, -0.25) is 4.79 Å². The molecule has 0 bridgehead atoms. The summed E-state index contributed by atoms with van der Waals surface area (Å²) in [5, 5.41) is 3.47. The number of carbonyl (C=O) groups excluding carboxylic acids is 1. The highest BCUT2D eigenvalue weighted by molar-refractivity contribution is 5.75. The molecule has 1 aliphatic heterocycles. The first-order chi connectivity index (χ1) is 7.88. The second-order valence-electron chi connectivity index (χ2n) is 4.20. The predicted octanol–water partition coefficient (Wildman–Crippen LogP) is 2.65. The first kappa shape index (κ1) is 11.1. The Morgan fingerprint density at radius 1 is 1.12 bits per heavy atom. The molecule has 2 nitrogen and oxygen atoms in total. The molecule has 1 heterocycles. The number of piperidine rings is 1. The maximum absolute atomic E-state index is 10.5. The second-order valence-corrected chi connectivity index (χ2v) is 4.20. The standard InChI is InChI=1S/C14H17NO/c16-11-13-6-4-12(5-7-13)8-9-14-3-1-2-10-15-14/h4-9,11,14-15H,1-3,10H2. The molecule has 0 amide bonds. The molecule has 16 heavy (non-hydrogen) atoms. The summed E-state index contributed by atoms with van der Waals surface area (Å²) in [6, 6.07) is 8.16. The zero-order valence-corrected chi connectivity index (χ0v) is 9.36. The van der Waals surface area contributed by atoms with E-state index < -0.39 is 0 Å². The highest BCUT2D eigenvalue weighted by Crippen LogP contribution is 2.10. The Morgan fingerprint density at radius 3 is 2.50 bits per heavy atom. The fraction of sp³-hybridized carbons (Fsp3) is 0.357. The number of nitrogens with one attached hydrogen (secondary N) is 1. The lowest BCUT2D eigenvalue weighted by atomic mass is 10.0. The molecule has 1 atom stereocenters. The van der Waals surface area contributed by atoms with Gasteiger partial charge in [0.05, 0.1) is 0 Å². The van der Waals surface area contributed by atoms with Crippen molar-refractivity contribution in [2.45, 2.75) is 25.3 Å². The molecule has 1 fully saturated rings. The average molecular weight is 215 g/mol. The van der Waals surface area contributed by atoms with Crippen LogP contribution < -0.4 is 5.32 Å². The van der Waals surface area contributed by atoms with Gasteiger partial charge in [0.2, 0.25) is 0 Å². The van der Waals surface area contributed by atoms with Gasteiger partial charge in [-0.15, -0.1) is 0 Å². The lowest BCUT2D eigenvalue weighted by Gasteiger charge is -2.19. The second kappa shape index (κ2) is 5.61. The van der Waals surface area contributed by atoms with Gasteiger partial charge in [-0.25, -0.2) is 0 Å². The average Bonchev–Trinajstić information content (AvgIpc) is 2.38. The van der Waals surface area contributed by atoms with Crippen molar-refractivity contribution in [3.05, 3.63) is 41.5 Å². The van der Waals surface area contributed by atoms with E-state index in [4.69, 9.17) is 0 Å². The molecule has 1 unspecified atom stereocenters. The summed E-state index contributed by atoms with van der Waals surface area (Å²) in [4.78, 5) is 10.5. The lowest BCUT2D eigenvalue weighted by molar-refractivity contribution is 0.112. The number of rotatable bonds is 3. The molecular weight excluding hydrogens is 198 g/mol. The topological polar surface area (TPSA) is 29.1 Å². The minimum atomic E-state index is 0.513. The van der Waals surface area contributed by atoms with Crippen molar-refractivity contribution >= 4 is 12.4 Å². The van der Waals surface area contributed by atoms with E-state index in [1.54, 1.807) is 0 Å². The highest BCUT2D eigenvalue weighted by atomic mass is 16.1. The molecule has 84 valence electrons. The molecule has 2 rings (SSSR count). The number of benzene rings is 1. The Labute approximate surface area is 96.4 Å².